The molecule has 8 nitrogen and oxygen atoms in total. The van der Waals surface area contributed by atoms with Gasteiger partial charge in [-0.3, -0.25) is 5.73 Å². The van der Waals surface area contributed by atoms with E-state index in [-0.39, 0.29) is 23.6 Å². The number of alkyl halides is 3. The van der Waals surface area contributed by atoms with Crippen molar-refractivity contribution in [3.05, 3.63) is 48.0 Å². The van der Waals surface area contributed by atoms with E-state index < -0.39 is 17.4 Å². The normalized spacial score (nSPS) is 20.4. The van der Waals surface area contributed by atoms with Gasteiger partial charge in [0.1, 0.15) is 0 Å². The second-order valence-corrected chi connectivity index (χ2v) is 4.92. The number of anilines is 2. The molecule has 0 spiro atoms. The molecule has 1 aliphatic rings. The first-order valence-corrected chi connectivity index (χ1v) is 6.63. The number of aromatic nitrogens is 2. The molecule has 0 amide bonds. The molecule has 0 saturated heterocycles. The average Bonchev–Trinajstić information content (AvgIpc) is 2.96. The van der Waals surface area contributed by atoms with Crippen LogP contribution in [0.3, 0.4) is 0 Å². The molecule has 0 radical (unpaired) electrons. The van der Waals surface area contributed by atoms with Gasteiger partial charge in [-0.2, -0.15) is 13.2 Å². The van der Waals surface area contributed by atoms with Gasteiger partial charge in [0.15, 0.2) is 5.96 Å². The summed E-state index contributed by atoms with van der Waals surface area (Å²) >= 11 is 0. The lowest BCUT2D eigenvalue weighted by Gasteiger charge is -2.20. The van der Waals surface area contributed by atoms with Crippen LogP contribution in [0.1, 0.15) is 11.5 Å². The highest BCUT2D eigenvalue weighted by Crippen LogP contribution is 2.31. The molecule has 6 N–H and O–H groups in total. The van der Waals surface area contributed by atoms with Crippen LogP contribution in [0.4, 0.5) is 24.9 Å². The maximum atomic E-state index is 12.7. The SMILES string of the molecule is NC1=NC(N)(c2nnc(Nc3cccc(C(F)(F)F)c3)o2)C=CN1. The van der Waals surface area contributed by atoms with E-state index in [0.717, 1.165) is 12.1 Å². The van der Waals surface area contributed by atoms with Crippen molar-refractivity contribution in [1.29, 1.82) is 0 Å². The van der Waals surface area contributed by atoms with Gasteiger partial charge in [-0.15, -0.1) is 5.10 Å². The largest absolute Gasteiger partial charge is 0.416 e. The Morgan fingerprint density at radius 1 is 1.25 bits per heavy atom. The van der Waals surface area contributed by atoms with Crippen molar-refractivity contribution < 1.29 is 17.6 Å². The summed E-state index contributed by atoms with van der Waals surface area (Å²) in [5.74, 6) is -0.0109. The lowest BCUT2D eigenvalue weighted by Crippen LogP contribution is -2.42. The van der Waals surface area contributed by atoms with Crippen molar-refractivity contribution in [2.45, 2.75) is 11.8 Å². The first kappa shape index (κ1) is 15.8. The zero-order chi connectivity index (χ0) is 17.4. The highest BCUT2D eigenvalue weighted by Gasteiger charge is 2.33. The molecule has 3 rings (SSSR count). The lowest BCUT2D eigenvalue weighted by molar-refractivity contribution is -0.137. The Hall–Kier alpha value is -3.08. The van der Waals surface area contributed by atoms with Crippen molar-refractivity contribution in [3.63, 3.8) is 0 Å². The number of hydrogen-bond donors (Lipinski definition) is 4. The molecular formula is C13H12F3N7O. The molecule has 24 heavy (non-hydrogen) atoms. The van der Waals surface area contributed by atoms with Crippen LogP contribution in [0.25, 0.3) is 0 Å². The minimum absolute atomic E-state index is 0.0607. The van der Waals surface area contributed by atoms with Gasteiger partial charge in [-0.05, 0) is 24.3 Å². The van der Waals surface area contributed by atoms with Gasteiger partial charge < -0.3 is 20.8 Å². The summed E-state index contributed by atoms with van der Waals surface area (Å²) in [5.41, 5.74) is 9.40. The van der Waals surface area contributed by atoms with E-state index in [4.69, 9.17) is 15.9 Å². The Bertz CT molecular complexity index is 814. The van der Waals surface area contributed by atoms with Gasteiger partial charge in [-0.1, -0.05) is 11.2 Å². The Morgan fingerprint density at radius 3 is 2.75 bits per heavy atom. The maximum absolute atomic E-state index is 12.7. The Kier molecular flexibility index (Phi) is 3.64. The van der Waals surface area contributed by atoms with Gasteiger partial charge >= 0.3 is 12.2 Å². The van der Waals surface area contributed by atoms with Gasteiger partial charge in [-0.25, -0.2) is 4.99 Å². The van der Waals surface area contributed by atoms with E-state index in [1.807, 2.05) is 0 Å². The standard InChI is InChI=1S/C13H12F3N7O/c14-13(15,16)7-2-1-3-8(6-7)20-11-23-22-9(24-11)12(18)4-5-19-10(17)21-12/h1-6H,18H2,(H,20,23)(H3,17,19,21). The molecule has 126 valence electrons. The molecule has 1 atom stereocenters. The van der Waals surface area contributed by atoms with E-state index in [1.165, 1.54) is 24.4 Å². The fourth-order valence-corrected chi connectivity index (χ4v) is 1.97. The molecule has 1 unspecified atom stereocenters. The predicted molar refractivity (Wildman–Crippen MR) is 78.8 cm³/mol. The molecule has 0 aliphatic carbocycles. The molecule has 2 aromatic rings. The monoisotopic (exact) mass is 339 g/mol. The Balaban J connectivity index is 1.82. The minimum atomic E-state index is -4.45. The summed E-state index contributed by atoms with van der Waals surface area (Å²) in [6.45, 7) is 0. The maximum Gasteiger partial charge on any atom is 0.416 e. The van der Waals surface area contributed by atoms with Crippen molar-refractivity contribution in [2.24, 2.45) is 16.5 Å². The number of halogens is 3. The summed E-state index contributed by atoms with van der Waals surface area (Å²) in [6, 6.07) is 4.43. The van der Waals surface area contributed by atoms with Gasteiger partial charge in [0.05, 0.1) is 5.56 Å². The smallest absolute Gasteiger partial charge is 0.403 e. The van der Waals surface area contributed by atoms with E-state index >= 15 is 0 Å². The lowest BCUT2D eigenvalue weighted by atomic mass is 10.2. The average molecular weight is 339 g/mol. The van der Waals surface area contributed by atoms with Gasteiger partial charge in [0.25, 0.3) is 5.89 Å². The van der Waals surface area contributed by atoms with E-state index in [2.05, 4.69) is 25.8 Å². The van der Waals surface area contributed by atoms with Crippen LogP contribution >= 0.6 is 0 Å². The molecule has 0 bridgehead atoms. The number of nitrogens with one attached hydrogen (secondary N) is 2. The van der Waals surface area contributed by atoms with Crippen LogP contribution in [0.15, 0.2) is 46.0 Å². The fraction of sp³-hybridized carbons (Fsp3) is 0.154. The molecule has 1 aromatic carbocycles. The number of guanidine groups is 1. The van der Waals surface area contributed by atoms with Crippen LogP contribution in [0, 0.1) is 0 Å². The summed E-state index contributed by atoms with van der Waals surface area (Å²) < 4.78 is 43.4. The summed E-state index contributed by atoms with van der Waals surface area (Å²) in [5, 5.41) is 12.7. The molecule has 1 aromatic heterocycles. The third-order valence-electron chi connectivity index (χ3n) is 3.08. The van der Waals surface area contributed by atoms with Gasteiger partial charge in [0.2, 0.25) is 5.66 Å². The van der Waals surface area contributed by atoms with Crippen LogP contribution in [-0.2, 0) is 11.8 Å². The third-order valence-corrected chi connectivity index (χ3v) is 3.08. The third kappa shape index (κ3) is 3.15. The van der Waals surface area contributed by atoms with Crippen LogP contribution in [0.2, 0.25) is 0 Å². The number of aliphatic imine (C=N–C) groups is 1. The van der Waals surface area contributed by atoms with Crippen LogP contribution in [0.5, 0.6) is 0 Å². The number of rotatable bonds is 3. The number of benzene rings is 1. The molecular weight excluding hydrogens is 327 g/mol. The fourth-order valence-electron chi connectivity index (χ4n) is 1.97. The predicted octanol–water partition coefficient (Wildman–Crippen LogP) is 1.38. The molecule has 11 heteroatoms. The van der Waals surface area contributed by atoms with Crippen molar-refractivity contribution in [1.82, 2.24) is 15.5 Å². The molecule has 0 saturated carbocycles. The summed E-state index contributed by atoms with van der Waals surface area (Å²) in [7, 11) is 0. The van der Waals surface area contributed by atoms with Crippen LogP contribution in [-0.4, -0.2) is 16.2 Å². The molecule has 1 aliphatic heterocycles. The van der Waals surface area contributed by atoms with Crippen LogP contribution < -0.4 is 22.1 Å². The Morgan fingerprint density at radius 2 is 2.04 bits per heavy atom. The van der Waals surface area contributed by atoms with Gasteiger partial charge in [0, 0.05) is 11.9 Å². The van der Waals surface area contributed by atoms with E-state index in [9.17, 15) is 13.2 Å². The highest BCUT2D eigenvalue weighted by molar-refractivity contribution is 5.80. The van der Waals surface area contributed by atoms with Crippen molar-refractivity contribution >= 4 is 17.7 Å². The quantitative estimate of drug-likeness (QED) is 0.665. The van der Waals surface area contributed by atoms with Crippen molar-refractivity contribution in [2.75, 3.05) is 5.32 Å². The number of nitrogens with zero attached hydrogens (tertiary/aromatic N) is 3. The molecule has 2 heterocycles. The van der Waals surface area contributed by atoms with Crippen molar-refractivity contribution in [3.8, 4) is 0 Å². The minimum Gasteiger partial charge on any atom is -0.403 e. The number of nitrogens with two attached hydrogens (primary N) is 2. The molecule has 0 fully saturated rings. The van der Waals surface area contributed by atoms with E-state index in [0.29, 0.717) is 0 Å². The first-order valence-electron chi connectivity index (χ1n) is 6.63. The first-order chi connectivity index (χ1) is 11.3. The highest BCUT2D eigenvalue weighted by atomic mass is 19.4. The topological polar surface area (TPSA) is 127 Å². The number of hydrogen-bond acceptors (Lipinski definition) is 8. The summed E-state index contributed by atoms with van der Waals surface area (Å²) in [4.78, 5) is 3.95. The van der Waals surface area contributed by atoms with E-state index in [1.54, 1.807) is 0 Å². The second-order valence-electron chi connectivity index (χ2n) is 4.92. The summed E-state index contributed by atoms with van der Waals surface area (Å²) in [6.07, 6.45) is -1.54. The second kappa shape index (κ2) is 5.53. The Labute approximate surface area is 133 Å². The zero-order valence-electron chi connectivity index (χ0n) is 12.0. The zero-order valence-corrected chi connectivity index (χ0v) is 12.0.